The van der Waals surface area contributed by atoms with E-state index in [1.807, 2.05) is 0 Å². The molecule has 0 radical (unpaired) electrons. The normalized spacial score (nSPS) is 19.3. The lowest BCUT2D eigenvalue weighted by Crippen LogP contribution is -2.26. The monoisotopic (exact) mass is 244 g/mol. The van der Waals surface area contributed by atoms with E-state index in [0.29, 0.717) is 28.8 Å². The molecule has 0 amide bonds. The first-order valence-corrected chi connectivity index (χ1v) is 5.44. The summed E-state index contributed by atoms with van der Waals surface area (Å²) in [5.74, 6) is 0.724. The van der Waals surface area contributed by atoms with Crippen LogP contribution in [-0.2, 0) is 11.2 Å². The molecule has 1 aromatic carbocycles. The van der Waals surface area contributed by atoms with E-state index < -0.39 is 0 Å². The lowest BCUT2D eigenvalue weighted by molar-refractivity contribution is -0.121. The van der Waals surface area contributed by atoms with Crippen LogP contribution in [0.1, 0.15) is 12.5 Å². The summed E-state index contributed by atoms with van der Waals surface area (Å²) in [5.41, 5.74) is 0.916. The molecule has 0 saturated heterocycles. The predicted molar refractivity (Wildman–Crippen MR) is 59.8 cm³/mol. The van der Waals surface area contributed by atoms with Crippen molar-refractivity contribution in [1.82, 2.24) is 0 Å². The Kier molecular flexibility index (Phi) is 2.89. The molecule has 0 bridgehead atoms. The van der Waals surface area contributed by atoms with Gasteiger partial charge in [-0.1, -0.05) is 23.2 Å². The van der Waals surface area contributed by atoms with Gasteiger partial charge < -0.3 is 4.74 Å². The molecule has 1 aromatic rings. The van der Waals surface area contributed by atoms with Crippen molar-refractivity contribution in [2.75, 3.05) is 6.61 Å². The zero-order chi connectivity index (χ0) is 11.0. The molecule has 0 N–H and O–H groups in total. The van der Waals surface area contributed by atoms with Crippen LogP contribution in [0.2, 0.25) is 10.0 Å². The molecule has 2 nitrogen and oxygen atoms in total. The predicted octanol–water partition coefficient (Wildman–Crippen LogP) is 3.13. The van der Waals surface area contributed by atoms with E-state index in [0.717, 1.165) is 5.56 Å². The number of rotatable bonds is 1. The van der Waals surface area contributed by atoms with Crippen LogP contribution in [0.5, 0.6) is 5.75 Å². The number of Topliss-reactive ketones (excluding diaryl/α,β-unsaturated/α-hetero) is 1. The van der Waals surface area contributed by atoms with E-state index in [9.17, 15) is 4.79 Å². The van der Waals surface area contributed by atoms with E-state index in [2.05, 4.69) is 0 Å². The van der Waals surface area contributed by atoms with Crippen LogP contribution in [0.3, 0.4) is 0 Å². The summed E-state index contributed by atoms with van der Waals surface area (Å²) in [4.78, 5) is 11.2. The molecule has 15 heavy (non-hydrogen) atoms. The van der Waals surface area contributed by atoms with Gasteiger partial charge in [0.25, 0.3) is 0 Å². The van der Waals surface area contributed by atoms with Gasteiger partial charge in [0.05, 0.1) is 17.5 Å². The molecule has 0 aromatic heterocycles. The molecule has 2 rings (SSSR count). The van der Waals surface area contributed by atoms with Crippen molar-refractivity contribution >= 4 is 29.0 Å². The third kappa shape index (κ3) is 2.11. The summed E-state index contributed by atoms with van der Waals surface area (Å²) >= 11 is 11.9. The van der Waals surface area contributed by atoms with E-state index in [4.69, 9.17) is 27.9 Å². The lowest BCUT2D eigenvalue weighted by atomic mass is 9.94. The Morgan fingerprint density at radius 1 is 1.47 bits per heavy atom. The number of hydrogen-bond acceptors (Lipinski definition) is 2. The van der Waals surface area contributed by atoms with Gasteiger partial charge in [-0.25, -0.2) is 0 Å². The fourth-order valence-corrected chi connectivity index (χ4v) is 2.29. The molecule has 0 saturated carbocycles. The highest BCUT2D eigenvalue weighted by molar-refractivity contribution is 6.35. The summed E-state index contributed by atoms with van der Waals surface area (Å²) in [6, 6.07) is 3.45. The minimum Gasteiger partial charge on any atom is -0.491 e. The first-order chi connectivity index (χ1) is 7.08. The van der Waals surface area contributed by atoms with Gasteiger partial charge in [0.1, 0.15) is 11.5 Å². The van der Waals surface area contributed by atoms with Crippen molar-refractivity contribution in [2.24, 2.45) is 5.92 Å². The van der Waals surface area contributed by atoms with Crippen molar-refractivity contribution in [3.8, 4) is 5.75 Å². The van der Waals surface area contributed by atoms with Crippen molar-refractivity contribution < 1.29 is 9.53 Å². The largest absolute Gasteiger partial charge is 0.491 e. The highest BCUT2D eigenvalue weighted by Gasteiger charge is 2.25. The Balaban J connectivity index is 2.37. The third-order valence-corrected chi connectivity index (χ3v) is 3.05. The van der Waals surface area contributed by atoms with Crippen molar-refractivity contribution in [3.63, 3.8) is 0 Å². The van der Waals surface area contributed by atoms with Gasteiger partial charge >= 0.3 is 0 Å². The fraction of sp³-hybridized carbons (Fsp3) is 0.364. The number of halogens is 2. The van der Waals surface area contributed by atoms with Crippen LogP contribution in [0, 0.1) is 5.92 Å². The molecular weight excluding hydrogens is 235 g/mol. The van der Waals surface area contributed by atoms with Gasteiger partial charge in [-0.2, -0.15) is 0 Å². The SMILES string of the molecule is CC(=O)C1COc2c(Cl)cc(Cl)cc2C1. The number of ether oxygens (including phenoxy) is 1. The van der Waals surface area contributed by atoms with Crippen LogP contribution >= 0.6 is 23.2 Å². The number of carbonyl (C=O) groups is 1. The molecule has 0 fully saturated rings. The smallest absolute Gasteiger partial charge is 0.141 e. The lowest BCUT2D eigenvalue weighted by Gasteiger charge is -2.24. The number of benzene rings is 1. The van der Waals surface area contributed by atoms with Gasteiger partial charge in [0.15, 0.2) is 0 Å². The van der Waals surface area contributed by atoms with Gasteiger partial charge in [-0.15, -0.1) is 0 Å². The Morgan fingerprint density at radius 2 is 2.20 bits per heavy atom. The number of fused-ring (bicyclic) bond motifs is 1. The van der Waals surface area contributed by atoms with Gasteiger partial charge in [0, 0.05) is 5.02 Å². The highest BCUT2D eigenvalue weighted by Crippen LogP contribution is 2.36. The quantitative estimate of drug-likeness (QED) is 0.759. The minimum atomic E-state index is -0.0768. The second-order valence-corrected chi connectivity index (χ2v) is 4.54. The van der Waals surface area contributed by atoms with Crippen LogP contribution < -0.4 is 4.74 Å². The molecule has 1 unspecified atom stereocenters. The summed E-state index contributed by atoms with van der Waals surface area (Å²) in [6.45, 7) is 1.98. The van der Waals surface area contributed by atoms with Crippen LogP contribution in [0.4, 0.5) is 0 Å². The second-order valence-electron chi connectivity index (χ2n) is 3.70. The Labute approximate surface area is 98.1 Å². The molecule has 1 atom stereocenters. The van der Waals surface area contributed by atoms with E-state index in [-0.39, 0.29) is 11.7 Å². The van der Waals surface area contributed by atoms with E-state index >= 15 is 0 Å². The van der Waals surface area contributed by atoms with Crippen molar-refractivity contribution in [2.45, 2.75) is 13.3 Å². The first-order valence-electron chi connectivity index (χ1n) is 4.69. The summed E-state index contributed by atoms with van der Waals surface area (Å²) in [7, 11) is 0. The van der Waals surface area contributed by atoms with Gasteiger partial charge in [0.2, 0.25) is 0 Å². The van der Waals surface area contributed by atoms with Crippen molar-refractivity contribution in [3.05, 3.63) is 27.7 Å². The number of ketones is 1. The first kappa shape index (κ1) is 10.8. The van der Waals surface area contributed by atoms with E-state index in [1.165, 1.54) is 0 Å². The molecule has 0 aliphatic carbocycles. The van der Waals surface area contributed by atoms with Gasteiger partial charge in [-0.05, 0) is 31.0 Å². The summed E-state index contributed by atoms with van der Waals surface area (Å²) in [5, 5.41) is 1.09. The second kappa shape index (κ2) is 4.03. The molecule has 1 aliphatic heterocycles. The average Bonchev–Trinajstić information content (AvgIpc) is 2.16. The molecule has 1 heterocycles. The maximum absolute atomic E-state index is 11.2. The highest BCUT2D eigenvalue weighted by atomic mass is 35.5. The Hall–Kier alpha value is -0.730. The third-order valence-electron chi connectivity index (χ3n) is 2.56. The van der Waals surface area contributed by atoms with Crippen molar-refractivity contribution in [1.29, 1.82) is 0 Å². The molecular formula is C11H10Cl2O2. The Bertz CT molecular complexity index is 415. The summed E-state index contributed by atoms with van der Waals surface area (Å²) in [6.07, 6.45) is 0.658. The van der Waals surface area contributed by atoms with Crippen LogP contribution in [-0.4, -0.2) is 12.4 Å². The molecule has 4 heteroatoms. The zero-order valence-corrected chi connectivity index (χ0v) is 9.73. The fourth-order valence-electron chi connectivity index (χ4n) is 1.70. The maximum Gasteiger partial charge on any atom is 0.141 e. The molecule has 80 valence electrons. The zero-order valence-electron chi connectivity index (χ0n) is 8.22. The standard InChI is InChI=1S/C11H10Cl2O2/c1-6(14)8-2-7-3-9(12)4-10(13)11(7)15-5-8/h3-4,8H,2,5H2,1H3. The van der Waals surface area contributed by atoms with E-state index in [1.54, 1.807) is 19.1 Å². The minimum absolute atomic E-state index is 0.0768. The topological polar surface area (TPSA) is 26.3 Å². The average molecular weight is 245 g/mol. The Morgan fingerprint density at radius 3 is 2.87 bits per heavy atom. The molecule has 1 aliphatic rings. The maximum atomic E-state index is 11.2. The number of carbonyl (C=O) groups excluding carboxylic acids is 1. The van der Waals surface area contributed by atoms with Gasteiger partial charge in [-0.3, -0.25) is 4.79 Å². The van der Waals surface area contributed by atoms with Crippen LogP contribution in [0.15, 0.2) is 12.1 Å². The number of hydrogen-bond donors (Lipinski definition) is 0. The summed E-state index contributed by atoms with van der Waals surface area (Å²) < 4.78 is 5.47. The molecule has 0 spiro atoms. The van der Waals surface area contributed by atoms with Crippen LogP contribution in [0.25, 0.3) is 0 Å².